The minimum atomic E-state index is -1.69. The zero-order valence-corrected chi connectivity index (χ0v) is 33.8. The predicted octanol–water partition coefficient (Wildman–Crippen LogP) is 2.95. The maximum atomic E-state index is 13.9. The van der Waals surface area contributed by atoms with Crippen molar-refractivity contribution in [1.29, 1.82) is 0 Å². The maximum absolute atomic E-state index is 13.9. The molecule has 58 heavy (non-hydrogen) atoms. The fourth-order valence-corrected chi connectivity index (χ4v) is 9.31. The molecule has 0 saturated carbocycles. The summed E-state index contributed by atoms with van der Waals surface area (Å²) < 4.78 is 43.0. The molecule has 16 nitrogen and oxygen atoms in total. The van der Waals surface area contributed by atoms with Crippen LogP contribution in [-0.4, -0.2) is 142 Å². The van der Waals surface area contributed by atoms with Gasteiger partial charge in [0.1, 0.15) is 29.6 Å². The molecule has 3 heterocycles. The van der Waals surface area contributed by atoms with Crippen molar-refractivity contribution in [1.82, 2.24) is 4.90 Å². The van der Waals surface area contributed by atoms with Crippen LogP contribution in [0.3, 0.4) is 0 Å². The number of rotatable bonds is 9. The zero-order chi connectivity index (χ0) is 42.0. The van der Waals surface area contributed by atoms with Crippen LogP contribution in [0.1, 0.15) is 121 Å². The molecule has 0 aromatic heterocycles. The topological polar surface area (TPSA) is 220 Å². The number of carbonyl (C=O) groups is 3. The van der Waals surface area contributed by atoms with Crippen LogP contribution in [0.4, 0.5) is 0 Å². The summed E-state index contributed by atoms with van der Waals surface area (Å²) in [5, 5.41) is 54.5. The SMILES string of the molecule is CC[C@]1(O)C[C@@H](O[C@H]2C[C@H](N(C)C)[C@H](O[C@H]3C[C@H](O)[C@H](O[C@H]4CC[C@@H](O)[C@H](C)O4)[C@H](C)O3)[C@H](C)O2)c2cc3c(cc2[C@H]1C(=O)OC)C(=O)c1c(O)ccc(O)c1C3=O. The normalized spacial score (nSPS) is 37.5. The number of fused-ring (bicyclic) bond motifs is 3. The average molecular weight is 814 g/mol. The molecule has 0 spiro atoms. The average Bonchev–Trinajstić information content (AvgIpc) is 3.17. The van der Waals surface area contributed by atoms with Crippen molar-refractivity contribution >= 4 is 17.5 Å². The molecule has 0 radical (unpaired) electrons. The van der Waals surface area contributed by atoms with Crippen LogP contribution in [0.5, 0.6) is 11.5 Å². The highest BCUT2D eigenvalue weighted by molar-refractivity contribution is 6.30. The van der Waals surface area contributed by atoms with Gasteiger partial charge in [-0.1, -0.05) is 6.92 Å². The van der Waals surface area contributed by atoms with Gasteiger partial charge in [0.05, 0.1) is 60.5 Å². The number of ether oxygens (including phenoxy) is 7. The lowest BCUT2D eigenvalue weighted by Gasteiger charge is -2.48. The molecule has 3 saturated heterocycles. The fraction of sp³-hybridized carbons (Fsp3) is 0.643. The van der Waals surface area contributed by atoms with E-state index < -0.39 is 102 Å². The Labute approximate surface area is 336 Å². The number of aliphatic hydroxyl groups excluding tert-OH is 2. The lowest BCUT2D eigenvalue weighted by atomic mass is 9.67. The first-order valence-corrected chi connectivity index (χ1v) is 20.0. The fourth-order valence-electron chi connectivity index (χ4n) is 9.31. The Morgan fingerprint density at radius 2 is 1.34 bits per heavy atom. The van der Waals surface area contributed by atoms with Crippen LogP contribution >= 0.6 is 0 Å². The molecule has 318 valence electrons. The predicted molar refractivity (Wildman–Crippen MR) is 202 cm³/mol. The number of phenolic OH excluding ortho intramolecular Hbond substituents is 2. The molecule has 2 aliphatic carbocycles. The van der Waals surface area contributed by atoms with Crippen LogP contribution < -0.4 is 0 Å². The Kier molecular flexibility index (Phi) is 12.1. The third-order valence-electron chi connectivity index (χ3n) is 12.6. The van der Waals surface area contributed by atoms with Gasteiger partial charge in [-0.25, -0.2) is 0 Å². The second kappa shape index (κ2) is 16.5. The number of methoxy groups -OCH3 is 1. The summed E-state index contributed by atoms with van der Waals surface area (Å²) in [6, 6.07) is 4.82. The number of aromatic hydroxyl groups is 2. The van der Waals surface area contributed by atoms with E-state index in [0.29, 0.717) is 24.8 Å². The van der Waals surface area contributed by atoms with E-state index in [9.17, 15) is 39.9 Å². The molecule has 3 aliphatic heterocycles. The van der Waals surface area contributed by atoms with E-state index in [4.69, 9.17) is 33.2 Å². The van der Waals surface area contributed by atoms with Gasteiger partial charge in [-0.05, 0) is 83.1 Å². The molecule has 5 aliphatic rings. The van der Waals surface area contributed by atoms with Crippen LogP contribution in [0.2, 0.25) is 0 Å². The van der Waals surface area contributed by atoms with E-state index in [1.54, 1.807) is 20.8 Å². The van der Waals surface area contributed by atoms with E-state index in [-0.39, 0.29) is 59.2 Å². The van der Waals surface area contributed by atoms with Gasteiger partial charge < -0.3 is 63.6 Å². The molecule has 0 bridgehead atoms. The van der Waals surface area contributed by atoms with Gasteiger partial charge in [-0.15, -0.1) is 0 Å². The number of phenols is 2. The van der Waals surface area contributed by atoms with Crippen molar-refractivity contribution in [2.24, 2.45) is 0 Å². The molecule has 5 N–H and O–H groups in total. The van der Waals surface area contributed by atoms with Gasteiger partial charge in [0.25, 0.3) is 0 Å². The Hall–Kier alpha value is -3.55. The van der Waals surface area contributed by atoms with Crippen molar-refractivity contribution in [2.75, 3.05) is 21.2 Å². The number of carbonyl (C=O) groups excluding carboxylic acids is 3. The Morgan fingerprint density at radius 1 is 0.793 bits per heavy atom. The quantitative estimate of drug-likeness (QED) is 0.155. The summed E-state index contributed by atoms with van der Waals surface area (Å²) in [6.07, 6.45) is -5.85. The maximum Gasteiger partial charge on any atom is 0.316 e. The number of hydrogen-bond acceptors (Lipinski definition) is 16. The van der Waals surface area contributed by atoms with E-state index in [2.05, 4.69) is 0 Å². The first-order chi connectivity index (χ1) is 27.5. The highest BCUT2D eigenvalue weighted by Crippen LogP contribution is 2.51. The summed E-state index contributed by atoms with van der Waals surface area (Å²) in [5.74, 6) is -4.35. The summed E-state index contributed by atoms with van der Waals surface area (Å²) in [4.78, 5) is 43.1. The van der Waals surface area contributed by atoms with Crippen molar-refractivity contribution in [3.05, 3.63) is 57.6 Å². The lowest BCUT2D eigenvalue weighted by molar-refractivity contribution is -0.328. The monoisotopic (exact) mass is 813 g/mol. The molecule has 0 amide bonds. The van der Waals surface area contributed by atoms with E-state index in [1.165, 1.54) is 19.2 Å². The second-order valence-corrected chi connectivity index (χ2v) is 16.5. The minimum absolute atomic E-state index is 0.0509. The minimum Gasteiger partial charge on any atom is -0.507 e. The first-order valence-electron chi connectivity index (χ1n) is 20.0. The van der Waals surface area contributed by atoms with E-state index in [1.807, 2.05) is 25.9 Å². The number of benzene rings is 2. The smallest absolute Gasteiger partial charge is 0.316 e. The molecule has 0 unspecified atom stereocenters. The van der Waals surface area contributed by atoms with Crippen molar-refractivity contribution in [3.8, 4) is 11.5 Å². The number of hydrogen-bond donors (Lipinski definition) is 5. The summed E-state index contributed by atoms with van der Waals surface area (Å²) in [5.41, 5.74) is -1.91. The third-order valence-corrected chi connectivity index (χ3v) is 12.6. The van der Waals surface area contributed by atoms with Crippen molar-refractivity contribution in [3.63, 3.8) is 0 Å². The number of nitrogens with zero attached hydrogens (tertiary/aromatic N) is 1. The zero-order valence-electron chi connectivity index (χ0n) is 33.8. The van der Waals surface area contributed by atoms with Crippen molar-refractivity contribution < 1.29 is 73.1 Å². The number of aliphatic hydroxyl groups is 3. The standard InChI is InChI=1S/C42H55NO15/c1-8-42(51)17-30(21-13-23-24(14-22(21)36(42)41(50)52-7)38(49)35-28(46)10-9-27(45)34(35)37(23)48)56-32-15-25(43(5)6)39(19(3)54-32)58-33-16-29(47)40(20(4)55-33)57-31-12-11-26(44)18(2)53-31/h9-10,13-14,18-20,25-26,29-33,36,39-40,44-47,51H,8,11-12,15-17H2,1-7H3/t18-,19-,20-,25-,26+,29-,30+,31-,32-,33-,36-,39+,40+,42-/m0/s1. The Balaban J connectivity index is 1.12. The van der Waals surface area contributed by atoms with E-state index >= 15 is 0 Å². The van der Waals surface area contributed by atoms with Gasteiger partial charge >= 0.3 is 5.97 Å². The second-order valence-electron chi connectivity index (χ2n) is 16.5. The van der Waals surface area contributed by atoms with Crippen LogP contribution in [0.15, 0.2) is 24.3 Å². The molecule has 3 fully saturated rings. The van der Waals surface area contributed by atoms with Crippen LogP contribution in [0, 0.1) is 0 Å². The number of esters is 1. The van der Waals surface area contributed by atoms with Crippen LogP contribution in [0.25, 0.3) is 0 Å². The first kappa shape index (κ1) is 42.6. The molecule has 14 atom stereocenters. The van der Waals surface area contributed by atoms with Gasteiger partial charge in [-0.2, -0.15) is 0 Å². The highest BCUT2D eigenvalue weighted by atomic mass is 16.7. The molecule has 2 aromatic rings. The largest absolute Gasteiger partial charge is 0.507 e. The molecular formula is C42H55NO15. The highest BCUT2D eigenvalue weighted by Gasteiger charge is 2.52. The summed E-state index contributed by atoms with van der Waals surface area (Å²) in [6.45, 7) is 7.14. The summed E-state index contributed by atoms with van der Waals surface area (Å²) in [7, 11) is 5.00. The van der Waals surface area contributed by atoms with E-state index in [0.717, 1.165) is 12.1 Å². The van der Waals surface area contributed by atoms with Crippen molar-refractivity contribution in [2.45, 2.75) is 151 Å². The lowest BCUT2D eigenvalue weighted by Crippen LogP contribution is -2.58. The number of ketones is 2. The molecule has 7 rings (SSSR count). The Bertz CT molecular complexity index is 1890. The Morgan fingerprint density at radius 3 is 1.90 bits per heavy atom. The van der Waals surface area contributed by atoms with Gasteiger partial charge in [0, 0.05) is 42.9 Å². The number of likely N-dealkylation sites (N-methyl/N-ethyl adjacent to an activating group) is 1. The summed E-state index contributed by atoms with van der Waals surface area (Å²) >= 11 is 0. The van der Waals surface area contributed by atoms with Crippen LogP contribution in [-0.2, 0) is 38.0 Å². The molecule has 2 aromatic carbocycles. The molecule has 16 heteroatoms. The van der Waals surface area contributed by atoms with Gasteiger partial charge in [0.15, 0.2) is 30.4 Å². The molecular weight excluding hydrogens is 758 g/mol. The van der Waals surface area contributed by atoms with Gasteiger partial charge in [-0.3, -0.25) is 14.4 Å². The van der Waals surface area contributed by atoms with Gasteiger partial charge in [0.2, 0.25) is 0 Å². The third kappa shape index (κ3) is 7.68.